The van der Waals surface area contributed by atoms with Gasteiger partial charge in [-0.1, -0.05) is 0 Å². The van der Waals surface area contributed by atoms with Gasteiger partial charge in [0.25, 0.3) is 5.91 Å². The summed E-state index contributed by atoms with van der Waals surface area (Å²) in [6.07, 6.45) is 3.12. The van der Waals surface area contributed by atoms with E-state index in [1.54, 1.807) is 43.5 Å². The van der Waals surface area contributed by atoms with E-state index in [0.29, 0.717) is 22.7 Å². The normalized spacial score (nSPS) is 14.3. The van der Waals surface area contributed by atoms with E-state index in [4.69, 9.17) is 4.74 Å². The van der Waals surface area contributed by atoms with Gasteiger partial charge in [-0.25, -0.2) is 0 Å². The Labute approximate surface area is 144 Å². The summed E-state index contributed by atoms with van der Waals surface area (Å²) in [6.45, 7) is 2.91. The Balaban J connectivity index is 1.90. The standard InChI is InChI=1S/C18H17N3O4/c1-11(18(24)20-14-4-3-7-19-9-14)21-15-8-13(12(2)22)5-6-16(15)25-10-17(21)23/h3-9,11H,10H2,1-2H3,(H,20,24). The fraction of sp³-hybridized carbons (Fsp3) is 0.222. The van der Waals surface area contributed by atoms with Gasteiger partial charge in [-0.3, -0.25) is 24.3 Å². The lowest BCUT2D eigenvalue weighted by Gasteiger charge is -2.33. The molecule has 1 aliphatic heterocycles. The zero-order chi connectivity index (χ0) is 18.0. The lowest BCUT2D eigenvalue weighted by atomic mass is 10.1. The monoisotopic (exact) mass is 339 g/mol. The van der Waals surface area contributed by atoms with Crippen molar-refractivity contribution in [1.82, 2.24) is 4.98 Å². The van der Waals surface area contributed by atoms with E-state index in [0.717, 1.165) is 0 Å². The molecule has 0 spiro atoms. The zero-order valence-corrected chi connectivity index (χ0v) is 13.9. The largest absolute Gasteiger partial charge is 0.482 e. The van der Waals surface area contributed by atoms with Crippen LogP contribution in [-0.4, -0.2) is 35.2 Å². The fourth-order valence-corrected chi connectivity index (χ4v) is 2.62. The Morgan fingerprint density at radius 2 is 2.12 bits per heavy atom. The van der Waals surface area contributed by atoms with Crippen LogP contribution in [0.4, 0.5) is 11.4 Å². The first-order valence-electron chi connectivity index (χ1n) is 7.78. The second-order valence-corrected chi connectivity index (χ2v) is 5.70. The number of benzene rings is 1. The molecule has 0 radical (unpaired) electrons. The van der Waals surface area contributed by atoms with Crippen LogP contribution in [0.25, 0.3) is 0 Å². The average Bonchev–Trinajstić information content (AvgIpc) is 2.61. The van der Waals surface area contributed by atoms with E-state index in [1.165, 1.54) is 18.0 Å². The van der Waals surface area contributed by atoms with Crippen LogP contribution in [0, 0.1) is 0 Å². The zero-order valence-electron chi connectivity index (χ0n) is 13.9. The number of nitrogens with one attached hydrogen (secondary N) is 1. The van der Waals surface area contributed by atoms with Crippen LogP contribution in [-0.2, 0) is 9.59 Å². The average molecular weight is 339 g/mol. The Morgan fingerprint density at radius 1 is 1.32 bits per heavy atom. The number of fused-ring (bicyclic) bond motifs is 1. The molecule has 0 fully saturated rings. The van der Waals surface area contributed by atoms with Gasteiger partial charge in [0.1, 0.15) is 11.8 Å². The Morgan fingerprint density at radius 3 is 2.80 bits per heavy atom. The van der Waals surface area contributed by atoms with Gasteiger partial charge < -0.3 is 10.1 Å². The van der Waals surface area contributed by atoms with Crippen LogP contribution in [0.5, 0.6) is 5.75 Å². The van der Waals surface area contributed by atoms with Crippen molar-refractivity contribution < 1.29 is 19.1 Å². The molecular formula is C18H17N3O4. The molecule has 128 valence electrons. The van der Waals surface area contributed by atoms with Crippen molar-refractivity contribution in [3.05, 3.63) is 48.3 Å². The molecule has 25 heavy (non-hydrogen) atoms. The number of Topliss-reactive ketones (excluding diaryl/α,β-unsaturated/α-hetero) is 1. The van der Waals surface area contributed by atoms with E-state index < -0.39 is 6.04 Å². The van der Waals surface area contributed by atoms with Crippen molar-refractivity contribution in [3.8, 4) is 5.75 Å². The van der Waals surface area contributed by atoms with Crippen LogP contribution in [0.15, 0.2) is 42.7 Å². The van der Waals surface area contributed by atoms with Crippen LogP contribution >= 0.6 is 0 Å². The van der Waals surface area contributed by atoms with E-state index in [-0.39, 0.29) is 24.2 Å². The molecule has 7 nitrogen and oxygen atoms in total. The van der Waals surface area contributed by atoms with Gasteiger partial charge in [0.05, 0.1) is 17.6 Å². The molecule has 2 heterocycles. The van der Waals surface area contributed by atoms with E-state index in [1.807, 2.05) is 0 Å². The molecule has 0 bridgehead atoms. The predicted octanol–water partition coefficient (Wildman–Crippen LogP) is 2.04. The number of hydrogen-bond donors (Lipinski definition) is 1. The Hall–Kier alpha value is -3.22. The maximum absolute atomic E-state index is 12.5. The number of carbonyl (C=O) groups is 3. The maximum Gasteiger partial charge on any atom is 0.265 e. The number of amides is 2. The molecular weight excluding hydrogens is 322 g/mol. The maximum atomic E-state index is 12.5. The summed E-state index contributed by atoms with van der Waals surface area (Å²) >= 11 is 0. The first-order chi connectivity index (χ1) is 12.0. The van der Waals surface area contributed by atoms with Crippen molar-refractivity contribution in [2.45, 2.75) is 19.9 Å². The minimum Gasteiger partial charge on any atom is -0.482 e. The summed E-state index contributed by atoms with van der Waals surface area (Å²) < 4.78 is 5.40. The van der Waals surface area contributed by atoms with Crippen LogP contribution in [0.2, 0.25) is 0 Å². The second kappa shape index (κ2) is 6.72. The third kappa shape index (κ3) is 3.35. The summed E-state index contributed by atoms with van der Waals surface area (Å²) in [6, 6.07) is 7.47. The van der Waals surface area contributed by atoms with Crippen molar-refractivity contribution >= 4 is 29.0 Å². The highest BCUT2D eigenvalue weighted by Crippen LogP contribution is 2.34. The van der Waals surface area contributed by atoms with Gasteiger partial charge >= 0.3 is 0 Å². The molecule has 2 aromatic rings. The number of pyridine rings is 1. The van der Waals surface area contributed by atoms with Gasteiger partial charge in [-0.15, -0.1) is 0 Å². The number of hydrogen-bond acceptors (Lipinski definition) is 5. The Kier molecular flexibility index (Phi) is 4.47. The SMILES string of the molecule is CC(=O)c1ccc2c(c1)N(C(C)C(=O)Nc1cccnc1)C(=O)CO2. The molecule has 0 aliphatic carbocycles. The molecule has 1 unspecified atom stereocenters. The van der Waals surface area contributed by atoms with E-state index in [9.17, 15) is 14.4 Å². The first-order valence-corrected chi connectivity index (χ1v) is 7.78. The first kappa shape index (κ1) is 16.6. The highest BCUT2D eigenvalue weighted by atomic mass is 16.5. The minimum atomic E-state index is -0.780. The second-order valence-electron chi connectivity index (χ2n) is 5.70. The molecule has 2 amide bonds. The molecule has 0 saturated heterocycles. The van der Waals surface area contributed by atoms with Crippen molar-refractivity contribution in [2.24, 2.45) is 0 Å². The van der Waals surface area contributed by atoms with Crippen LogP contribution in [0.1, 0.15) is 24.2 Å². The third-order valence-electron chi connectivity index (χ3n) is 3.94. The minimum absolute atomic E-state index is 0.131. The van der Waals surface area contributed by atoms with Gasteiger partial charge in [0.15, 0.2) is 12.4 Å². The van der Waals surface area contributed by atoms with Gasteiger partial charge in [0, 0.05) is 11.8 Å². The summed E-state index contributed by atoms with van der Waals surface area (Å²) in [5, 5.41) is 2.72. The lowest BCUT2D eigenvalue weighted by molar-refractivity contribution is -0.125. The van der Waals surface area contributed by atoms with Crippen LogP contribution in [0.3, 0.4) is 0 Å². The molecule has 1 aromatic heterocycles. The number of nitrogens with zero attached hydrogens (tertiary/aromatic N) is 2. The predicted molar refractivity (Wildman–Crippen MR) is 91.8 cm³/mol. The van der Waals surface area contributed by atoms with Crippen LogP contribution < -0.4 is 15.0 Å². The van der Waals surface area contributed by atoms with Crippen molar-refractivity contribution in [1.29, 1.82) is 0 Å². The number of ether oxygens (including phenoxy) is 1. The quantitative estimate of drug-likeness (QED) is 0.861. The summed E-state index contributed by atoms with van der Waals surface area (Å²) in [5.41, 5.74) is 1.40. The van der Waals surface area contributed by atoms with E-state index in [2.05, 4.69) is 10.3 Å². The van der Waals surface area contributed by atoms with Gasteiger partial charge in [-0.2, -0.15) is 0 Å². The molecule has 1 atom stereocenters. The van der Waals surface area contributed by atoms with Crippen molar-refractivity contribution in [2.75, 3.05) is 16.8 Å². The number of ketones is 1. The molecule has 1 aliphatic rings. The molecule has 7 heteroatoms. The highest BCUT2D eigenvalue weighted by molar-refractivity contribution is 6.07. The molecule has 3 rings (SSSR count). The Bertz CT molecular complexity index is 835. The topological polar surface area (TPSA) is 88.6 Å². The number of rotatable bonds is 4. The van der Waals surface area contributed by atoms with Gasteiger partial charge in [0.2, 0.25) is 5.91 Å². The van der Waals surface area contributed by atoms with E-state index >= 15 is 0 Å². The smallest absolute Gasteiger partial charge is 0.265 e. The number of anilines is 2. The fourth-order valence-electron chi connectivity index (χ4n) is 2.62. The van der Waals surface area contributed by atoms with Gasteiger partial charge in [-0.05, 0) is 44.2 Å². The summed E-state index contributed by atoms with van der Waals surface area (Å²) in [4.78, 5) is 41.8. The molecule has 0 saturated carbocycles. The van der Waals surface area contributed by atoms with Crippen molar-refractivity contribution in [3.63, 3.8) is 0 Å². The molecule has 1 N–H and O–H groups in total. The third-order valence-corrected chi connectivity index (χ3v) is 3.94. The highest BCUT2D eigenvalue weighted by Gasteiger charge is 2.33. The lowest BCUT2D eigenvalue weighted by Crippen LogP contribution is -2.49. The number of aromatic nitrogens is 1. The summed E-state index contributed by atoms with van der Waals surface area (Å²) in [7, 11) is 0. The number of carbonyl (C=O) groups excluding carboxylic acids is 3. The molecule has 1 aromatic carbocycles. The summed E-state index contributed by atoms with van der Waals surface area (Å²) in [5.74, 6) is -0.372.